The van der Waals surface area contributed by atoms with Crippen LogP contribution in [0.2, 0.25) is 0 Å². The lowest BCUT2D eigenvalue weighted by molar-refractivity contribution is -0.117. The molecule has 158 valence electrons. The SMILES string of the molecule is CC(C)(C)n1ncc2c(=O)[nH]c(N3CCN(CC(=O)Nc4ccccc4)CC3)nc21. The highest BCUT2D eigenvalue weighted by Gasteiger charge is 2.24. The smallest absolute Gasteiger partial charge is 0.263 e. The van der Waals surface area contributed by atoms with Crippen LogP contribution in [0.5, 0.6) is 0 Å². The Morgan fingerprint density at radius 1 is 1.13 bits per heavy atom. The molecule has 0 aliphatic carbocycles. The lowest BCUT2D eigenvalue weighted by Gasteiger charge is -2.34. The van der Waals surface area contributed by atoms with Gasteiger partial charge in [-0.15, -0.1) is 0 Å². The molecule has 2 aromatic heterocycles. The van der Waals surface area contributed by atoms with Gasteiger partial charge >= 0.3 is 0 Å². The van der Waals surface area contributed by atoms with E-state index in [0.717, 1.165) is 5.69 Å². The van der Waals surface area contributed by atoms with Gasteiger partial charge in [0.25, 0.3) is 5.56 Å². The number of nitrogens with one attached hydrogen (secondary N) is 2. The zero-order valence-electron chi connectivity index (χ0n) is 17.6. The first-order valence-corrected chi connectivity index (χ1v) is 10.1. The molecular weight excluding hydrogens is 382 g/mol. The van der Waals surface area contributed by atoms with Crippen molar-refractivity contribution >= 4 is 28.6 Å². The molecule has 4 rings (SSSR count). The lowest BCUT2D eigenvalue weighted by atomic mass is 10.1. The summed E-state index contributed by atoms with van der Waals surface area (Å²) < 4.78 is 1.78. The molecule has 1 fully saturated rings. The van der Waals surface area contributed by atoms with E-state index in [-0.39, 0.29) is 17.0 Å². The fourth-order valence-electron chi connectivity index (χ4n) is 3.59. The average Bonchev–Trinajstić information content (AvgIpc) is 3.14. The molecule has 1 aliphatic rings. The van der Waals surface area contributed by atoms with Crippen LogP contribution in [0.15, 0.2) is 41.3 Å². The van der Waals surface area contributed by atoms with Gasteiger partial charge in [0.1, 0.15) is 5.39 Å². The summed E-state index contributed by atoms with van der Waals surface area (Å²) in [6.45, 7) is 9.20. The van der Waals surface area contributed by atoms with Crippen molar-refractivity contribution < 1.29 is 4.79 Å². The van der Waals surface area contributed by atoms with E-state index in [9.17, 15) is 9.59 Å². The molecule has 2 N–H and O–H groups in total. The third-order valence-corrected chi connectivity index (χ3v) is 5.16. The summed E-state index contributed by atoms with van der Waals surface area (Å²) in [5.41, 5.74) is 0.928. The summed E-state index contributed by atoms with van der Waals surface area (Å²) in [6, 6.07) is 9.45. The minimum atomic E-state index is -0.273. The first kappa shape index (κ1) is 20.1. The third kappa shape index (κ3) is 4.20. The van der Waals surface area contributed by atoms with Crippen molar-refractivity contribution in [3.05, 3.63) is 46.9 Å². The molecule has 1 aliphatic heterocycles. The van der Waals surface area contributed by atoms with Crippen LogP contribution in [0.1, 0.15) is 20.8 Å². The maximum atomic E-state index is 12.5. The van der Waals surface area contributed by atoms with Gasteiger partial charge in [0.15, 0.2) is 5.65 Å². The summed E-state index contributed by atoms with van der Waals surface area (Å²) in [7, 11) is 0. The van der Waals surface area contributed by atoms with Crippen molar-refractivity contribution in [3.8, 4) is 0 Å². The number of nitrogens with zero attached hydrogens (tertiary/aromatic N) is 5. The molecular formula is C21H27N7O2. The summed E-state index contributed by atoms with van der Waals surface area (Å²) in [4.78, 5) is 36.5. The van der Waals surface area contributed by atoms with E-state index in [1.165, 1.54) is 0 Å². The molecule has 0 radical (unpaired) electrons. The van der Waals surface area contributed by atoms with Crippen molar-refractivity contribution in [2.45, 2.75) is 26.3 Å². The highest BCUT2D eigenvalue weighted by molar-refractivity contribution is 5.92. The first-order chi connectivity index (χ1) is 14.3. The predicted molar refractivity (Wildman–Crippen MR) is 117 cm³/mol. The van der Waals surface area contributed by atoms with Gasteiger partial charge in [-0.3, -0.25) is 19.5 Å². The second-order valence-electron chi connectivity index (χ2n) is 8.53. The molecule has 0 bridgehead atoms. The van der Waals surface area contributed by atoms with E-state index in [2.05, 4.69) is 20.3 Å². The Bertz CT molecular complexity index is 1090. The minimum Gasteiger partial charge on any atom is -0.340 e. The van der Waals surface area contributed by atoms with E-state index in [4.69, 9.17) is 4.98 Å². The molecule has 1 aromatic carbocycles. The number of para-hydroxylation sites is 1. The standard InChI is InChI=1S/C21H27N7O2/c1-21(2,3)28-18-16(13-22-28)19(30)25-20(24-18)27-11-9-26(10-12-27)14-17(29)23-15-7-5-4-6-8-15/h4-8,13H,9-12,14H2,1-3H3,(H,23,29)(H,24,25,30). The zero-order valence-corrected chi connectivity index (χ0v) is 17.6. The molecule has 9 heteroatoms. The van der Waals surface area contributed by atoms with Crippen LogP contribution in [-0.4, -0.2) is 63.3 Å². The zero-order chi connectivity index (χ0) is 21.3. The summed E-state index contributed by atoms with van der Waals surface area (Å²) >= 11 is 0. The van der Waals surface area contributed by atoms with Crippen LogP contribution < -0.4 is 15.8 Å². The fourth-order valence-corrected chi connectivity index (χ4v) is 3.59. The van der Waals surface area contributed by atoms with Crippen LogP contribution in [0, 0.1) is 0 Å². The number of rotatable bonds is 4. The number of hydrogen-bond acceptors (Lipinski definition) is 6. The van der Waals surface area contributed by atoms with E-state index in [1.54, 1.807) is 10.9 Å². The Labute approximate surface area is 174 Å². The number of benzene rings is 1. The Balaban J connectivity index is 1.42. The van der Waals surface area contributed by atoms with Gasteiger partial charge in [0, 0.05) is 31.9 Å². The Morgan fingerprint density at radius 2 is 1.83 bits per heavy atom. The molecule has 3 heterocycles. The first-order valence-electron chi connectivity index (χ1n) is 10.1. The van der Waals surface area contributed by atoms with Gasteiger partial charge in [-0.1, -0.05) is 18.2 Å². The van der Waals surface area contributed by atoms with Crippen molar-refractivity contribution in [1.29, 1.82) is 0 Å². The Hall–Kier alpha value is -3.20. The number of hydrogen-bond donors (Lipinski definition) is 2. The molecule has 30 heavy (non-hydrogen) atoms. The second kappa shape index (κ2) is 7.91. The summed E-state index contributed by atoms with van der Waals surface area (Å²) in [6.07, 6.45) is 1.57. The Morgan fingerprint density at radius 3 is 2.50 bits per heavy atom. The van der Waals surface area contributed by atoms with E-state index in [1.807, 2.05) is 56.0 Å². The van der Waals surface area contributed by atoms with Gasteiger partial charge in [-0.05, 0) is 32.9 Å². The van der Waals surface area contributed by atoms with Gasteiger partial charge in [-0.2, -0.15) is 10.1 Å². The third-order valence-electron chi connectivity index (χ3n) is 5.16. The highest BCUT2D eigenvalue weighted by Crippen LogP contribution is 2.20. The molecule has 1 saturated heterocycles. The molecule has 3 aromatic rings. The van der Waals surface area contributed by atoms with Crippen molar-refractivity contribution in [2.24, 2.45) is 0 Å². The van der Waals surface area contributed by atoms with Crippen LogP contribution in [0.3, 0.4) is 0 Å². The molecule has 0 unspecified atom stereocenters. The average molecular weight is 409 g/mol. The van der Waals surface area contributed by atoms with Crippen LogP contribution >= 0.6 is 0 Å². The number of carbonyl (C=O) groups excluding carboxylic acids is 1. The largest absolute Gasteiger partial charge is 0.340 e. The topological polar surface area (TPSA) is 99.2 Å². The monoisotopic (exact) mass is 409 g/mol. The lowest BCUT2D eigenvalue weighted by Crippen LogP contribution is -2.49. The quantitative estimate of drug-likeness (QED) is 0.680. The summed E-state index contributed by atoms with van der Waals surface area (Å²) in [5.74, 6) is 0.517. The highest BCUT2D eigenvalue weighted by atomic mass is 16.2. The maximum Gasteiger partial charge on any atom is 0.263 e. The number of carbonyl (C=O) groups is 1. The second-order valence-corrected chi connectivity index (χ2v) is 8.53. The number of aromatic amines is 1. The molecule has 1 amide bonds. The molecule has 9 nitrogen and oxygen atoms in total. The van der Waals surface area contributed by atoms with Gasteiger partial charge < -0.3 is 10.2 Å². The van der Waals surface area contributed by atoms with Crippen LogP contribution in [-0.2, 0) is 10.3 Å². The number of anilines is 2. The van der Waals surface area contributed by atoms with E-state index < -0.39 is 0 Å². The van der Waals surface area contributed by atoms with Crippen molar-refractivity contribution in [1.82, 2.24) is 24.6 Å². The van der Waals surface area contributed by atoms with Crippen molar-refractivity contribution in [3.63, 3.8) is 0 Å². The number of amides is 1. The van der Waals surface area contributed by atoms with Gasteiger partial charge in [0.05, 0.1) is 18.3 Å². The normalized spacial score (nSPS) is 15.5. The fraction of sp³-hybridized carbons (Fsp3) is 0.429. The van der Waals surface area contributed by atoms with Gasteiger partial charge in [-0.25, -0.2) is 4.68 Å². The van der Waals surface area contributed by atoms with Crippen LogP contribution in [0.25, 0.3) is 11.0 Å². The van der Waals surface area contributed by atoms with Crippen molar-refractivity contribution in [2.75, 3.05) is 42.9 Å². The maximum absolute atomic E-state index is 12.5. The molecule has 0 atom stereocenters. The number of piperazine rings is 1. The number of aromatic nitrogens is 4. The summed E-state index contributed by atoms with van der Waals surface area (Å²) in [5, 5.41) is 7.76. The van der Waals surface area contributed by atoms with Crippen LogP contribution in [0.4, 0.5) is 11.6 Å². The Kier molecular flexibility index (Phi) is 5.29. The van der Waals surface area contributed by atoms with E-state index in [0.29, 0.717) is 49.7 Å². The molecule has 0 saturated carbocycles. The number of H-pyrrole nitrogens is 1. The minimum absolute atomic E-state index is 0.0309. The number of fused-ring (bicyclic) bond motifs is 1. The predicted octanol–water partition coefficient (Wildman–Crippen LogP) is 1.64. The van der Waals surface area contributed by atoms with Gasteiger partial charge in [0.2, 0.25) is 11.9 Å². The molecule has 0 spiro atoms. The van der Waals surface area contributed by atoms with E-state index >= 15 is 0 Å².